The third kappa shape index (κ3) is 2.77. The molecule has 0 amide bonds. The number of carboxylic acids is 1. The Hall–Kier alpha value is -1.45. The second kappa shape index (κ2) is 5.57. The van der Waals surface area contributed by atoms with Crippen LogP contribution in [0.25, 0.3) is 0 Å². The Morgan fingerprint density at radius 1 is 1.48 bits per heavy atom. The van der Waals surface area contributed by atoms with Gasteiger partial charge in [0.15, 0.2) is 0 Å². The summed E-state index contributed by atoms with van der Waals surface area (Å²) in [6, 6.07) is -1.03. The number of aliphatic carboxylic acids is 1. The highest BCUT2D eigenvalue weighted by Crippen LogP contribution is 2.39. The normalized spacial score (nSPS) is 28.3. The first-order valence-corrected chi connectivity index (χ1v) is 9.04. The van der Waals surface area contributed by atoms with Gasteiger partial charge < -0.3 is 9.84 Å². The Bertz CT molecular complexity index is 706. The molecule has 0 aromatic carbocycles. The first kappa shape index (κ1) is 16.4. The number of aromatic nitrogens is 2. The molecule has 3 heterocycles. The molecule has 0 radical (unpaired) electrons. The first-order valence-electron chi connectivity index (χ1n) is 7.60. The quantitative estimate of drug-likeness (QED) is 0.864. The average molecular weight is 343 g/mol. The van der Waals surface area contributed by atoms with Crippen molar-refractivity contribution in [3.8, 4) is 0 Å². The zero-order chi connectivity index (χ0) is 16.8. The Morgan fingerprint density at radius 3 is 2.83 bits per heavy atom. The van der Waals surface area contributed by atoms with Gasteiger partial charge in [-0.3, -0.25) is 9.48 Å². The van der Waals surface area contributed by atoms with E-state index < -0.39 is 27.4 Å². The Labute approximate surface area is 135 Å². The molecule has 2 saturated heterocycles. The Balaban J connectivity index is 1.91. The van der Waals surface area contributed by atoms with E-state index >= 15 is 0 Å². The predicted octanol–water partition coefficient (Wildman–Crippen LogP) is 0.718. The van der Waals surface area contributed by atoms with Crippen molar-refractivity contribution in [2.45, 2.75) is 43.7 Å². The van der Waals surface area contributed by atoms with Crippen LogP contribution in [0, 0.1) is 5.41 Å². The lowest BCUT2D eigenvalue weighted by atomic mass is 9.85. The number of carbonyl (C=O) groups is 1. The third-order valence-corrected chi connectivity index (χ3v) is 6.52. The Morgan fingerprint density at radius 2 is 2.22 bits per heavy atom. The van der Waals surface area contributed by atoms with Crippen LogP contribution in [0.4, 0.5) is 0 Å². The van der Waals surface area contributed by atoms with Crippen LogP contribution in [0.2, 0.25) is 0 Å². The van der Waals surface area contributed by atoms with Gasteiger partial charge in [0, 0.05) is 19.3 Å². The van der Waals surface area contributed by atoms with Crippen LogP contribution in [-0.2, 0) is 19.6 Å². The molecule has 2 aliphatic heterocycles. The van der Waals surface area contributed by atoms with Crippen LogP contribution < -0.4 is 0 Å². The van der Waals surface area contributed by atoms with E-state index in [1.165, 1.54) is 12.4 Å². The van der Waals surface area contributed by atoms with Crippen LogP contribution >= 0.6 is 0 Å². The fraction of sp³-hybridized carbons (Fsp3) is 0.714. The predicted molar refractivity (Wildman–Crippen MR) is 80.4 cm³/mol. The molecule has 0 bridgehead atoms. The van der Waals surface area contributed by atoms with Gasteiger partial charge in [-0.05, 0) is 18.3 Å². The second-order valence-corrected chi connectivity index (χ2v) is 8.66. The summed E-state index contributed by atoms with van der Waals surface area (Å²) >= 11 is 0. The van der Waals surface area contributed by atoms with E-state index in [0.717, 1.165) is 10.7 Å². The monoisotopic (exact) mass is 343 g/mol. The highest BCUT2D eigenvalue weighted by molar-refractivity contribution is 7.89. The third-order valence-electron chi connectivity index (χ3n) is 4.70. The van der Waals surface area contributed by atoms with Gasteiger partial charge in [0.1, 0.15) is 10.9 Å². The molecule has 0 aliphatic carbocycles. The number of hydrogen-bond acceptors (Lipinski definition) is 5. The standard InChI is InChI=1S/C14H21N3O5S/c1-14(2)4-5-17(12(14)13(18)19)23(20,21)11-7-15-16(8-11)10-3-6-22-9-10/h7-8,10,12H,3-6,9H2,1-2H3,(H,18,19). The van der Waals surface area contributed by atoms with Gasteiger partial charge in [0.05, 0.1) is 18.8 Å². The molecule has 9 heteroatoms. The maximum absolute atomic E-state index is 12.8. The van der Waals surface area contributed by atoms with Gasteiger partial charge in [-0.1, -0.05) is 13.8 Å². The molecule has 128 valence electrons. The highest BCUT2D eigenvalue weighted by atomic mass is 32.2. The lowest BCUT2D eigenvalue weighted by molar-refractivity contribution is -0.143. The first-order chi connectivity index (χ1) is 10.7. The summed E-state index contributed by atoms with van der Waals surface area (Å²) in [5, 5.41) is 13.6. The molecule has 8 nitrogen and oxygen atoms in total. The van der Waals surface area contributed by atoms with Crippen LogP contribution in [0.5, 0.6) is 0 Å². The van der Waals surface area contributed by atoms with Crippen molar-refractivity contribution < 1.29 is 23.1 Å². The van der Waals surface area contributed by atoms with E-state index in [0.29, 0.717) is 19.6 Å². The summed E-state index contributed by atoms with van der Waals surface area (Å²) in [5.74, 6) is -1.12. The number of sulfonamides is 1. The number of nitrogens with zero attached hydrogens (tertiary/aromatic N) is 3. The smallest absolute Gasteiger partial charge is 0.322 e. The molecule has 1 aromatic rings. The van der Waals surface area contributed by atoms with Gasteiger partial charge >= 0.3 is 5.97 Å². The minimum Gasteiger partial charge on any atom is -0.480 e. The summed E-state index contributed by atoms with van der Waals surface area (Å²) in [6.45, 7) is 4.90. The molecule has 2 atom stereocenters. The summed E-state index contributed by atoms with van der Waals surface area (Å²) < 4.78 is 33.6. The average Bonchev–Trinajstić information content (AvgIpc) is 3.16. The molecular formula is C14H21N3O5S. The second-order valence-electron chi connectivity index (χ2n) is 6.77. The zero-order valence-electron chi connectivity index (χ0n) is 13.2. The van der Waals surface area contributed by atoms with Crippen LogP contribution in [0.1, 0.15) is 32.7 Å². The van der Waals surface area contributed by atoms with Crippen LogP contribution in [0.15, 0.2) is 17.3 Å². The van der Waals surface area contributed by atoms with Crippen molar-refractivity contribution in [1.82, 2.24) is 14.1 Å². The Kier molecular flexibility index (Phi) is 3.97. The van der Waals surface area contributed by atoms with Gasteiger partial charge in [-0.2, -0.15) is 9.40 Å². The van der Waals surface area contributed by atoms with Crippen LogP contribution in [0.3, 0.4) is 0 Å². The molecule has 0 saturated carbocycles. The fourth-order valence-corrected chi connectivity index (χ4v) is 4.97. The summed E-state index contributed by atoms with van der Waals surface area (Å²) in [4.78, 5) is 11.6. The number of hydrogen-bond donors (Lipinski definition) is 1. The zero-order valence-corrected chi connectivity index (χ0v) is 14.0. The molecule has 2 fully saturated rings. The van der Waals surface area contributed by atoms with Crippen molar-refractivity contribution in [3.05, 3.63) is 12.4 Å². The minimum atomic E-state index is -3.88. The fourth-order valence-electron chi connectivity index (χ4n) is 3.29. The number of ether oxygens (including phenoxy) is 1. The van der Waals surface area contributed by atoms with Crippen molar-refractivity contribution in [2.24, 2.45) is 5.41 Å². The van der Waals surface area contributed by atoms with E-state index in [1.807, 2.05) is 0 Å². The minimum absolute atomic E-state index is 0.0317. The van der Waals surface area contributed by atoms with Gasteiger partial charge in [-0.25, -0.2) is 8.42 Å². The lowest BCUT2D eigenvalue weighted by Crippen LogP contribution is -2.45. The summed E-state index contributed by atoms with van der Waals surface area (Å²) in [5.41, 5.74) is -0.603. The van der Waals surface area contributed by atoms with Crippen molar-refractivity contribution in [3.63, 3.8) is 0 Å². The van der Waals surface area contributed by atoms with Gasteiger partial charge in [0.25, 0.3) is 0 Å². The largest absolute Gasteiger partial charge is 0.480 e. The van der Waals surface area contributed by atoms with E-state index in [1.54, 1.807) is 18.5 Å². The molecule has 0 spiro atoms. The maximum Gasteiger partial charge on any atom is 0.322 e. The van der Waals surface area contributed by atoms with Gasteiger partial charge in [-0.15, -0.1) is 0 Å². The summed E-state index contributed by atoms with van der Waals surface area (Å²) in [7, 11) is -3.88. The molecule has 23 heavy (non-hydrogen) atoms. The van der Waals surface area contributed by atoms with Crippen molar-refractivity contribution in [2.75, 3.05) is 19.8 Å². The molecule has 2 aliphatic rings. The number of carboxylic acid groups (broad SMARTS) is 1. The lowest BCUT2D eigenvalue weighted by Gasteiger charge is -2.28. The highest BCUT2D eigenvalue weighted by Gasteiger charge is 2.50. The maximum atomic E-state index is 12.8. The van der Waals surface area contributed by atoms with E-state index in [2.05, 4.69) is 5.10 Å². The van der Waals surface area contributed by atoms with E-state index in [4.69, 9.17) is 4.74 Å². The topological polar surface area (TPSA) is 102 Å². The van der Waals surface area contributed by atoms with Gasteiger partial charge in [0.2, 0.25) is 10.0 Å². The van der Waals surface area contributed by atoms with Crippen molar-refractivity contribution in [1.29, 1.82) is 0 Å². The van der Waals surface area contributed by atoms with Crippen LogP contribution in [-0.4, -0.2) is 59.4 Å². The SMILES string of the molecule is CC1(C)CCN(S(=O)(=O)c2cnn(C3CCOC3)c2)C1C(=O)O. The number of rotatable bonds is 4. The molecular weight excluding hydrogens is 322 g/mol. The molecule has 3 rings (SSSR count). The molecule has 1 aromatic heterocycles. The van der Waals surface area contributed by atoms with E-state index in [-0.39, 0.29) is 17.5 Å². The molecule has 1 N–H and O–H groups in total. The molecule has 2 unspecified atom stereocenters. The van der Waals surface area contributed by atoms with Crippen molar-refractivity contribution >= 4 is 16.0 Å². The summed E-state index contributed by atoms with van der Waals surface area (Å²) in [6.07, 6.45) is 4.06. The van der Waals surface area contributed by atoms with E-state index in [9.17, 15) is 18.3 Å².